The molecule has 0 spiro atoms. The molecule has 0 aliphatic rings. The summed E-state index contributed by atoms with van der Waals surface area (Å²) in [5, 5.41) is 8.16. The highest BCUT2D eigenvalue weighted by Crippen LogP contribution is 2.32. The molecule has 38 heavy (non-hydrogen) atoms. The number of carbonyl (C=O) groups excluding carboxylic acids is 1. The Morgan fingerprint density at radius 3 is 2.58 bits per heavy atom. The number of nitrogens with one attached hydrogen (secondary N) is 2. The number of fused-ring (bicyclic) bond motifs is 2. The van der Waals surface area contributed by atoms with E-state index in [9.17, 15) is 4.79 Å². The van der Waals surface area contributed by atoms with Gasteiger partial charge >= 0.3 is 0 Å². The van der Waals surface area contributed by atoms with Crippen molar-refractivity contribution in [1.29, 1.82) is 0 Å². The second kappa shape index (κ2) is 10.8. The second-order valence-electron chi connectivity index (χ2n) is 9.06. The number of aromatic nitrogens is 1. The van der Waals surface area contributed by atoms with Gasteiger partial charge in [0.1, 0.15) is 11.3 Å². The minimum atomic E-state index is -0.395. The van der Waals surface area contributed by atoms with Gasteiger partial charge in [-0.1, -0.05) is 55.8 Å². The average molecular weight is 544 g/mol. The first-order valence-corrected chi connectivity index (χ1v) is 13.0. The molecule has 0 bridgehead atoms. The van der Waals surface area contributed by atoms with Crippen molar-refractivity contribution in [3.05, 3.63) is 88.9 Å². The zero-order chi connectivity index (χ0) is 26.8. The normalized spacial score (nSPS) is 11.9. The molecule has 192 valence electrons. The average Bonchev–Trinajstić information content (AvgIpc) is 3.36. The molecule has 0 aliphatic heterocycles. The Morgan fingerprint density at radius 1 is 1.08 bits per heavy atom. The summed E-state index contributed by atoms with van der Waals surface area (Å²) in [5.41, 5.74) is 4.35. The van der Waals surface area contributed by atoms with Crippen LogP contribution in [-0.2, 0) is 0 Å². The van der Waals surface area contributed by atoms with Gasteiger partial charge in [-0.25, -0.2) is 4.98 Å². The summed E-state index contributed by atoms with van der Waals surface area (Å²) >= 11 is 11.9. The van der Waals surface area contributed by atoms with Crippen LogP contribution in [0.1, 0.15) is 42.1 Å². The maximum atomic E-state index is 13.1. The van der Waals surface area contributed by atoms with Gasteiger partial charge < -0.3 is 14.5 Å². The van der Waals surface area contributed by atoms with Crippen LogP contribution in [-0.4, -0.2) is 23.1 Å². The van der Waals surface area contributed by atoms with Crippen molar-refractivity contribution in [3.8, 4) is 17.2 Å². The van der Waals surface area contributed by atoms with Crippen LogP contribution in [0.2, 0.25) is 5.02 Å². The van der Waals surface area contributed by atoms with Gasteiger partial charge in [0, 0.05) is 5.56 Å². The predicted octanol–water partition coefficient (Wildman–Crippen LogP) is 7.95. The van der Waals surface area contributed by atoms with E-state index in [0.717, 1.165) is 28.3 Å². The first-order chi connectivity index (χ1) is 18.4. The molecule has 8 heteroatoms. The maximum Gasteiger partial charge on any atom is 0.261 e. The highest BCUT2D eigenvalue weighted by molar-refractivity contribution is 7.80. The summed E-state index contributed by atoms with van der Waals surface area (Å²) in [6.07, 6.45) is 1.05. The number of carbonyl (C=O) groups is 1. The van der Waals surface area contributed by atoms with Crippen LogP contribution in [0.25, 0.3) is 33.3 Å². The zero-order valence-corrected chi connectivity index (χ0v) is 22.7. The van der Waals surface area contributed by atoms with Crippen LogP contribution in [0.4, 0.5) is 5.69 Å². The van der Waals surface area contributed by atoms with Crippen LogP contribution in [0, 0.1) is 0 Å². The van der Waals surface area contributed by atoms with E-state index < -0.39 is 5.91 Å². The second-order valence-corrected chi connectivity index (χ2v) is 9.87. The lowest BCUT2D eigenvalue weighted by atomic mass is 9.98. The first kappa shape index (κ1) is 25.7. The maximum absolute atomic E-state index is 13.1. The summed E-state index contributed by atoms with van der Waals surface area (Å²) in [6, 6.07) is 22.8. The number of thiocarbonyl (C=S) groups is 1. The molecule has 5 rings (SSSR count). The number of amides is 1. The van der Waals surface area contributed by atoms with Gasteiger partial charge in [-0.3, -0.25) is 10.1 Å². The molecule has 0 fully saturated rings. The van der Waals surface area contributed by atoms with Crippen molar-refractivity contribution in [3.63, 3.8) is 0 Å². The molecule has 0 saturated heterocycles. The van der Waals surface area contributed by atoms with E-state index in [0.29, 0.717) is 39.4 Å². The van der Waals surface area contributed by atoms with Gasteiger partial charge in [0.25, 0.3) is 5.91 Å². The molecule has 0 unspecified atom stereocenters. The smallest absolute Gasteiger partial charge is 0.261 e. The fraction of sp³-hybridized carbons (Fsp3) is 0.167. The van der Waals surface area contributed by atoms with E-state index in [1.54, 1.807) is 18.2 Å². The topological polar surface area (TPSA) is 76.4 Å². The number of ether oxygens (including phenoxy) is 1. The summed E-state index contributed by atoms with van der Waals surface area (Å²) in [7, 11) is 1.53. The Labute approximate surface area is 231 Å². The zero-order valence-electron chi connectivity index (χ0n) is 21.2. The Kier molecular flexibility index (Phi) is 7.31. The molecular formula is C30H26ClN3O3S. The lowest BCUT2D eigenvalue weighted by Gasteiger charge is -2.14. The quantitative estimate of drug-likeness (QED) is 0.212. The Balaban J connectivity index is 1.36. The fourth-order valence-electron chi connectivity index (χ4n) is 4.25. The first-order valence-electron chi connectivity index (χ1n) is 12.3. The van der Waals surface area contributed by atoms with Crippen molar-refractivity contribution >= 4 is 62.4 Å². The highest BCUT2D eigenvalue weighted by Gasteiger charge is 2.17. The van der Waals surface area contributed by atoms with E-state index in [1.807, 2.05) is 42.5 Å². The number of anilines is 1. The van der Waals surface area contributed by atoms with Gasteiger partial charge in [0.2, 0.25) is 5.89 Å². The molecule has 6 nitrogen and oxygen atoms in total. The van der Waals surface area contributed by atoms with Crippen molar-refractivity contribution in [2.24, 2.45) is 0 Å². The lowest BCUT2D eigenvalue weighted by molar-refractivity contribution is 0.0975. The van der Waals surface area contributed by atoms with Gasteiger partial charge in [-0.05, 0) is 83.4 Å². The van der Waals surface area contributed by atoms with Gasteiger partial charge in [-0.2, -0.15) is 0 Å². The van der Waals surface area contributed by atoms with Crippen LogP contribution in [0.15, 0.2) is 77.2 Å². The van der Waals surface area contributed by atoms with Crippen LogP contribution >= 0.6 is 23.8 Å². The highest BCUT2D eigenvalue weighted by atomic mass is 35.5. The predicted molar refractivity (Wildman–Crippen MR) is 157 cm³/mol. The number of methoxy groups -OCH3 is 1. The lowest BCUT2D eigenvalue weighted by Crippen LogP contribution is -2.34. The van der Waals surface area contributed by atoms with Crippen molar-refractivity contribution in [1.82, 2.24) is 10.3 Å². The molecule has 1 aromatic heterocycles. The van der Waals surface area contributed by atoms with Gasteiger partial charge in [0.05, 0.1) is 23.4 Å². The van der Waals surface area contributed by atoms with Crippen molar-refractivity contribution in [2.45, 2.75) is 26.2 Å². The number of benzene rings is 4. The third-order valence-corrected chi connectivity index (χ3v) is 7.13. The Morgan fingerprint density at radius 2 is 1.84 bits per heavy atom. The van der Waals surface area contributed by atoms with Crippen molar-refractivity contribution < 1.29 is 13.9 Å². The number of hydrogen-bond donors (Lipinski definition) is 2. The SMILES string of the molecule is CC[C@@H](C)c1ccc2oc(-c3ccc(Cl)c(NC(=S)NC(=O)c4cc5ccccc5cc4OC)c3)nc2c1. The minimum Gasteiger partial charge on any atom is -0.496 e. The Bertz CT molecular complexity index is 1680. The van der Waals surface area contributed by atoms with E-state index in [2.05, 4.69) is 41.6 Å². The number of nitrogens with zero attached hydrogens (tertiary/aromatic N) is 1. The van der Waals surface area contributed by atoms with E-state index in [-0.39, 0.29) is 5.11 Å². The summed E-state index contributed by atoms with van der Waals surface area (Å²) in [6.45, 7) is 4.35. The molecule has 0 saturated carbocycles. The van der Waals surface area contributed by atoms with E-state index in [4.69, 9.17) is 33.0 Å². The monoisotopic (exact) mass is 543 g/mol. The van der Waals surface area contributed by atoms with Gasteiger partial charge in [-0.15, -0.1) is 0 Å². The third kappa shape index (κ3) is 5.21. The fourth-order valence-corrected chi connectivity index (χ4v) is 4.62. The molecular weight excluding hydrogens is 518 g/mol. The summed E-state index contributed by atoms with van der Waals surface area (Å²) < 4.78 is 11.5. The molecule has 5 aromatic rings. The van der Waals surface area contributed by atoms with E-state index in [1.165, 1.54) is 12.7 Å². The molecule has 1 amide bonds. The summed E-state index contributed by atoms with van der Waals surface area (Å²) in [4.78, 5) is 17.8. The van der Waals surface area contributed by atoms with Crippen LogP contribution in [0.3, 0.4) is 0 Å². The van der Waals surface area contributed by atoms with Crippen molar-refractivity contribution in [2.75, 3.05) is 12.4 Å². The molecule has 1 atom stereocenters. The number of rotatable bonds is 6. The van der Waals surface area contributed by atoms with Crippen LogP contribution in [0.5, 0.6) is 5.75 Å². The number of oxazole rings is 1. The number of halogens is 1. The molecule has 0 aliphatic carbocycles. The standard InChI is InChI=1S/C30H26ClN3O3S/c1-4-17(2)18-10-12-26-25(14-18)32-29(37-26)21-9-11-23(31)24(15-21)33-30(38)34-28(35)22-13-19-7-5-6-8-20(19)16-27(22)36-3/h5-17H,4H2,1-3H3,(H2,33,34,35,38)/t17-/m1/s1. The molecule has 4 aromatic carbocycles. The third-order valence-electron chi connectivity index (χ3n) is 6.59. The van der Waals surface area contributed by atoms with E-state index >= 15 is 0 Å². The van der Waals surface area contributed by atoms with Crippen LogP contribution < -0.4 is 15.4 Å². The Hall–Kier alpha value is -3.94. The largest absolute Gasteiger partial charge is 0.496 e. The minimum absolute atomic E-state index is 0.0972. The van der Waals surface area contributed by atoms with Gasteiger partial charge in [0.15, 0.2) is 10.7 Å². The molecule has 0 radical (unpaired) electrons. The summed E-state index contributed by atoms with van der Waals surface area (Å²) in [5.74, 6) is 0.971. The molecule has 1 heterocycles. The molecule has 2 N–H and O–H groups in total. The number of hydrogen-bond acceptors (Lipinski definition) is 5.